The fourth-order valence-electron chi connectivity index (χ4n) is 3.37. The molecule has 0 aliphatic heterocycles. The summed E-state index contributed by atoms with van der Waals surface area (Å²) in [5, 5.41) is 0. The highest BCUT2D eigenvalue weighted by Gasteiger charge is 2.35. The van der Waals surface area contributed by atoms with E-state index >= 15 is 0 Å². The first-order valence-corrected chi connectivity index (χ1v) is 6.89. The lowest BCUT2D eigenvalue weighted by Crippen LogP contribution is -2.32. The van der Waals surface area contributed by atoms with E-state index in [2.05, 4.69) is 49.1 Å². The van der Waals surface area contributed by atoms with Crippen LogP contribution in [0, 0.1) is 17.8 Å². The second-order valence-electron chi connectivity index (χ2n) is 5.01. The zero-order valence-electron chi connectivity index (χ0n) is 9.47. The lowest BCUT2D eigenvalue weighted by molar-refractivity contribution is 0.292. The molecule has 0 bridgehead atoms. The highest BCUT2D eigenvalue weighted by atomic mass is 32.1. The zero-order chi connectivity index (χ0) is 11.0. The molecule has 0 fully saturated rings. The number of hydrogen-bond donors (Lipinski definition) is 1. The average molecular weight is 230 g/mol. The smallest absolute Gasteiger partial charge is 0.00577 e. The summed E-state index contributed by atoms with van der Waals surface area (Å²) in [6.07, 6.45) is 17.6. The normalized spacial score (nSPS) is 36.2. The van der Waals surface area contributed by atoms with Crippen molar-refractivity contribution in [2.45, 2.75) is 19.3 Å². The maximum absolute atomic E-state index is 4.59. The van der Waals surface area contributed by atoms with E-state index in [0.717, 1.165) is 23.5 Å². The van der Waals surface area contributed by atoms with Crippen LogP contribution in [0.3, 0.4) is 0 Å². The molecule has 1 heteroatoms. The van der Waals surface area contributed by atoms with Crippen molar-refractivity contribution < 1.29 is 0 Å². The summed E-state index contributed by atoms with van der Waals surface area (Å²) in [6.45, 7) is 0. The summed E-state index contributed by atoms with van der Waals surface area (Å²) < 4.78 is 0. The molecule has 84 valence electrons. The quantitative estimate of drug-likeness (QED) is 0.648. The van der Waals surface area contributed by atoms with Crippen molar-refractivity contribution in [2.24, 2.45) is 17.8 Å². The van der Waals surface area contributed by atoms with Gasteiger partial charge in [0.15, 0.2) is 0 Å². The first-order valence-electron chi connectivity index (χ1n) is 6.26. The Morgan fingerprint density at radius 2 is 2.12 bits per heavy atom. The van der Waals surface area contributed by atoms with Gasteiger partial charge in [-0.3, -0.25) is 0 Å². The van der Waals surface area contributed by atoms with Gasteiger partial charge in [0.05, 0.1) is 0 Å². The predicted octanol–water partition coefficient (Wildman–Crippen LogP) is 3.94. The van der Waals surface area contributed by atoms with Gasteiger partial charge in [-0.1, -0.05) is 36.5 Å². The van der Waals surface area contributed by atoms with Crippen molar-refractivity contribution in [2.75, 3.05) is 5.75 Å². The molecule has 0 aromatic heterocycles. The zero-order valence-corrected chi connectivity index (χ0v) is 10.4. The molecule has 0 nitrogen and oxygen atoms in total. The van der Waals surface area contributed by atoms with Gasteiger partial charge in [-0.15, -0.1) is 0 Å². The summed E-state index contributed by atoms with van der Waals surface area (Å²) in [4.78, 5) is 0. The summed E-state index contributed by atoms with van der Waals surface area (Å²) in [6, 6.07) is 0. The molecular formula is C15H18S. The minimum Gasteiger partial charge on any atom is -0.179 e. The summed E-state index contributed by atoms with van der Waals surface area (Å²) in [5.41, 5.74) is 3.07. The Kier molecular flexibility index (Phi) is 2.81. The van der Waals surface area contributed by atoms with Crippen molar-refractivity contribution in [3.63, 3.8) is 0 Å². The second kappa shape index (κ2) is 4.29. The van der Waals surface area contributed by atoms with Crippen LogP contribution in [0.2, 0.25) is 0 Å². The van der Waals surface area contributed by atoms with Crippen LogP contribution >= 0.6 is 12.6 Å². The summed E-state index contributed by atoms with van der Waals surface area (Å²) >= 11 is 4.59. The van der Waals surface area contributed by atoms with Crippen molar-refractivity contribution in [1.29, 1.82) is 0 Å². The van der Waals surface area contributed by atoms with E-state index in [4.69, 9.17) is 0 Å². The molecule has 0 N–H and O–H groups in total. The highest BCUT2D eigenvalue weighted by molar-refractivity contribution is 7.80. The number of hydrogen-bond acceptors (Lipinski definition) is 1. The summed E-state index contributed by atoms with van der Waals surface area (Å²) in [7, 11) is 0. The SMILES string of the molecule is SCC1C2CC=CC=C2C=C2C=CCCC21. The molecule has 0 radical (unpaired) electrons. The Balaban J connectivity index is 2.03. The van der Waals surface area contributed by atoms with Crippen LogP contribution in [0.4, 0.5) is 0 Å². The third-order valence-corrected chi connectivity index (χ3v) is 4.63. The molecule has 3 atom stereocenters. The largest absolute Gasteiger partial charge is 0.179 e. The van der Waals surface area contributed by atoms with Gasteiger partial charge < -0.3 is 0 Å². The van der Waals surface area contributed by atoms with E-state index in [9.17, 15) is 0 Å². The molecule has 0 saturated heterocycles. The first-order chi connectivity index (χ1) is 7.90. The van der Waals surface area contributed by atoms with Gasteiger partial charge in [0.2, 0.25) is 0 Å². The van der Waals surface area contributed by atoms with Crippen LogP contribution in [0.5, 0.6) is 0 Å². The number of thiol groups is 1. The molecule has 0 saturated carbocycles. The maximum atomic E-state index is 4.59. The third-order valence-electron chi connectivity index (χ3n) is 4.20. The van der Waals surface area contributed by atoms with Gasteiger partial charge in [0.25, 0.3) is 0 Å². The maximum Gasteiger partial charge on any atom is -0.00577 e. The van der Waals surface area contributed by atoms with Crippen LogP contribution in [-0.2, 0) is 0 Å². The van der Waals surface area contributed by atoms with E-state index in [-0.39, 0.29) is 0 Å². The molecule has 0 amide bonds. The van der Waals surface area contributed by atoms with Crippen molar-refractivity contribution in [3.05, 3.63) is 47.6 Å². The van der Waals surface area contributed by atoms with Crippen LogP contribution in [0.1, 0.15) is 19.3 Å². The average Bonchev–Trinajstić information content (AvgIpc) is 2.36. The number of fused-ring (bicyclic) bond motifs is 2. The van der Waals surface area contributed by atoms with Gasteiger partial charge in [0, 0.05) is 0 Å². The Hall–Kier alpha value is -0.690. The molecule has 0 spiro atoms. The molecule has 0 aromatic carbocycles. The lowest BCUT2D eigenvalue weighted by atomic mass is 9.65. The monoisotopic (exact) mass is 230 g/mol. The van der Waals surface area contributed by atoms with Crippen LogP contribution in [0.15, 0.2) is 47.6 Å². The van der Waals surface area contributed by atoms with E-state index < -0.39 is 0 Å². The van der Waals surface area contributed by atoms with E-state index in [0.29, 0.717) is 0 Å². The standard InChI is InChI=1S/C15H18S/c16-10-15-13-7-3-1-5-11(13)9-12-6-2-4-8-14(12)15/h1-3,5-6,9,13-16H,4,7-8,10H2. The minimum absolute atomic E-state index is 0.725. The van der Waals surface area contributed by atoms with E-state index in [1.807, 2.05) is 0 Å². The molecule has 3 unspecified atom stereocenters. The topological polar surface area (TPSA) is 0 Å². The fourth-order valence-corrected chi connectivity index (χ4v) is 3.88. The second-order valence-corrected chi connectivity index (χ2v) is 5.38. The van der Waals surface area contributed by atoms with Gasteiger partial charge in [-0.25, -0.2) is 0 Å². The third kappa shape index (κ3) is 1.62. The molecule has 0 heterocycles. The molecule has 3 aliphatic carbocycles. The van der Waals surface area contributed by atoms with Crippen LogP contribution < -0.4 is 0 Å². The Morgan fingerprint density at radius 1 is 1.19 bits per heavy atom. The number of allylic oxidation sites excluding steroid dienone is 8. The van der Waals surface area contributed by atoms with Crippen molar-refractivity contribution in [1.82, 2.24) is 0 Å². The molecule has 16 heavy (non-hydrogen) atoms. The first kappa shape index (κ1) is 10.5. The van der Waals surface area contributed by atoms with Gasteiger partial charge in [-0.2, -0.15) is 12.6 Å². The van der Waals surface area contributed by atoms with Gasteiger partial charge >= 0.3 is 0 Å². The van der Waals surface area contributed by atoms with E-state index in [1.54, 1.807) is 5.57 Å². The molecular weight excluding hydrogens is 212 g/mol. The summed E-state index contributed by atoms with van der Waals surface area (Å²) in [5.74, 6) is 3.24. The molecule has 3 aliphatic rings. The Morgan fingerprint density at radius 3 is 3.00 bits per heavy atom. The molecule has 0 aromatic rings. The predicted molar refractivity (Wildman–Crippen MR) is 72.6 cm³/mol. The number of rotatable bonds is 1. The van der Waals surface area contributed by atoms with Crippen LogP contribution in [-0.4, -0.2) is 5.75 Å². The van der Waals surface area contributed by atoms with E-state index in [1.165, 1.54) is 24.8 Å². The van der Waals surface area contributed by atoms with Gasteiger partial charge in [-0.05, 0) is 53.9 Å². The minimum atomic E-state index is 0.725. The van der Waals surface area contributed by atoms with Crippen molar-refractivity contribution >= 4 is 12.6 Å². The lowest BCUT2D eigenvalue weighted by Gasteiger charge is -2.40. The Bertz CT molecular complexity index is 398. The van der Waals surface area contributed by atoms with Crippen molar-refractivity contribution in [3.8, 4) is 0 Å². The Labute approximate surface area is 103 Å². The molecule has 3 rings (SSSR count). The van der Waals surface area contributed by atoms with Gasteiger partial charge in [0.1, 0.15) is 0 Å². The van der Waals surface area contributed by atoms with Crippen LogP contribution in [0.25, 0.3) is 0 Å². The highest BCUT2D eigenvalue weighted by Crippen LogP contribution is 2.45. The fraction of sp³-hybridized carbons (Fsp3) is 0.467.